The fourth-order valence-corrected chi connectivity index (χ4v) is 3.98. The van der Waals surface area contributed by atoms with Gasteiger partial charge in [0.25, 0.3) is 0 Å². The number of halogens is 3. The first-order valence-corrected chi connectivity index (χ1v) is 11.4. The lowest BCUT2D eigenvalue weighted by Gasteiger charge is -2.33. The zero-order chi connectivity index (χ0) is 27.2. The maximum atomic E-state index is 13.3. The van der Waals surface area contributed by atoms with E-state index in [0.717, 1.165) is 42.9 Å². The van der Waals surface area contributed by atoms with Gasteiger partial charge in [-0.1, -0.05) is 18.2 Å². The number of nitrogens with zero attached hydrogens (tertiary/aromatic N) is 3. The number of carboxylic acid groups (broad SMARTS) is 2. The summed E-state index contributed by atoms with van der Waals surface area (Å²) in [6, 6.07) is 11.0. The number of piperazine rings is 1. The maximum Gasteiger partial charge on any atom is 0.416 e. The molecule has 0 spiro atoms. The lowest BCUT2D eigenvalue weighted by Crippen LogP contribution is -2.48. The molecule has 12 heteroatoms. The fraction of sp³-hybridized carbons (Fsp3) is 0.320. The summed E-state index contributed by atoms with van der Waals surface area (Å²) in [5.74, 6) is -2.51. The molecule has 0 bridgehead atoms. The van der Waals surface area contributed by atoms with Gasteiger partial charge in [-0.15, -0.1) is 0 Å². The number of amides is 2. The molecule has 0 radical (unpaired) electrons. The second-order valence-corrected chi connectivity index (χ2v) is 8.49. The molecule has 0 aliphatic carbocycles. The second-order valence-electron chi connectivity index (χ2n) is 8.49. The maximum absolute atomic E-state index is 13.3. The molecule has 2 aliphatic heterocycles. The van der Waals surface area contributed by atoms with Crippen LogP contribution in [0.3, 0.4) is 0 Å². The van der Waals surface area contributed by atoms with Crippen LogP contribution in [0.2, 0.25) is 0 Å². The van der Waals surface area contributed by atoms with Crippen molar-refractivity contribution in [3.63, 3.8) is 0 Å². The van der Waals surface area contributed by atoms with Crippen LogP contribution in [0, 0.1) is 0 Å². The molecule has 9 nitrogen and oxygen atoms in total. The number of hydrogen-bond donors (Lipinski definition) is 3. The van der Waals surface area contributed by atoms with Crippen molar-refractivity contribution in [1.82, 2.24) is 9.80 Å². The first-order chi connectivity index (χ1) is 17.5. The highest BCUT2D eigenvalue weighted by atomic mass is 19.4. The molecule has 0 atom stereocenters. The van der Waals surface area contributed by atoms with E-state index in [1.165, 1.54) is 6.07 Å². The average Bonchev–Trinajstić information content (AvgIpc) is 3.27. The molecule has 1 fully saturated rings. The third kappa shape index (κ3) is 7.46. The van der Waals surface area contributed by atoms with Crippen molar-refractivity contribution in [2.45, 2.75) is 12.6 Å². The largest absolute Gasteiger partial charge is 0.478 e. The number of nitrogens with one attached hydrogen (secondary N) is 1. The molecule has 4 rings (SSSR count). The van der Waals surface area contributed by atoms with Crippen LogP contribution in [-0.4, -0.2) is 77.8 Å². The molecule has 0 unspecified atom stereocenters. The first kappa shape index (κ1) is 27.5. The quantitative estimate of drug-likeness (QED) is 0.524. The van der Waals surface area contributed by atoms with Gasteiger partial charge in [-0.2, -0.15) is 13.2 Å². The highest BCUT2D eigenvalue weighted by molar-refractivity contribution is 5.95. The van der Waals surface area contributed by atoms with Gasteiger partial charge < -0.3 is 30.2 Å². The van der Waals surface area contributed by atoms with Crippen molar-refractivity contribution >= 4 is 35.0 Å². The van der Waals surface area contributed by atoms with E-state index in [1.807, 2.05) is 36.2 Å². The van der Waals surface area contributed by atoms with E-state index in [-0.39, 0.29) is 11.7 Å². The van der Waals surface area contributed by atoms with Crippen molar-refractivity contribution in [3.05, 3.63) is 65.7 Å². The number of likely N-dealkylation sites (N-methyl/N-ethyl adjacent to an activating group) is 1. The van der Waals surface area contributed by atoms with E-state index < -0.39 is 23.7 Å². The summed E-state index contributed by atoms with van der Waals surface area (Å²) in [4.78, 5) is 37.6. The number of fused-ring (bicyclic) bond motifs is 1. The SMILES string of the molecule is CN1CCN(C(=O)Nc2cc(C(F)(F)F)ccc2N2CCc3ccccc32)CC1.O=C(O)C=CC(=O)O. The Kier molecular flexibility index (Phi) is 8.77. The predicted molar refractivity (Wildman–Crippen MR) is 131 cm³/mol. The van der Waals surface area contributed by atoms with Gasteiger partial charge in [-0.3, -0.25) is 0 Å². The van der Waals surface area contributed by atoms with Crippen LogP contribution in [-0.2, 0) is 22.2 Å². The Hall–Kier alpha value is -4.06. The highest BCUT2D eigenvalue weighted by Gasteiger charge is 2.33. The molecular weight excluding hydrogens is 493 g/mol. The molecule has 2 heterocycles. The van der Waals surface area contributed by atoms with Crippen molar-refractivity contribution < 1.29 is 37.8 Å². The normalized spacial score (nSPS) is 15.7. The Labute approximate surface area is 211 Å². The Morgan fingerprint density at radius 3 is 2.11 bits per heavy atom. The molecule has 198 valence electrons. The molecule has 37 heavy (non-hydrogen) atoms. The molecule has 2 aromatic rings. The van der Waals surface area contributed by atoms with Crippen LogP contribution in [0.1, 0.15) is 11.1 Å². The minimum atomic E-state index is -4.48. The number of carbonyl (C=O) groups is 3. The summed E-state index contributed by atoms with van der Waals surface area (Å²) in [6.07, 6.45) is -2.55. The zero-order valence-electron chi connectivity index (χ0n) is 20.0. The number of para-hydroxylation sites is 1. The van der Waals surface area contributed by atoms with Gasteiger partial charge >= 0.3 is 24.1 Å². The summed E-state index contributed by atoms with van der Waals surface area (Å²) < 4.78 is 39.9. The smallest absolute Gasteiger partial charge is 0.416 e. The topological polar surface area (TPSA) is 113 Å². The van der Waals surface area contributed by atoms with E-state index in [9.17, 15) is 27.6 Å². The summed E-state index contributed by atoms with van der Waals surface area (Å²) in [5.41, 5.74) is 2.08. The number of alkyl halides is 3. The zero-order valence-corrected chi connectivity index (χ0v) is 20.0. The number of aliphatic carboxylic acids is 2. The first-order valence-electron chi connectivity index (χ1n) is 11.4. The van der Waals surface area contributed by atoms with Crippen LogP contribution in [0.5, 0.6) is 0 Å². The number of carbonyl (C=O) groups excluding carboxylic acids is 1. The summed E-state index contributed by atoms with van der Waals surface area (Å²) in [5, 5.41) is 18.4. The number of rotatable bonds is 4. The minimum absolute atomic E-state index is 0.181. The second kappa shape index (κ2) is 11.8. The molecule has 2 aliphatic rings. The van der Waals surface area contributed by atoms with E-state index in [4.69, 9.17) is 10.2 Å². The van der Waals surface area contributed by atoms with E-state index in [1.54, 1.807) is 4.90 Å². The van der Waals surface area contributed by atoms with E-state index in [2.05, 4.69) is 10.2 Å². The lowest BCUT2D eigenvalue weighted by atomic mass is 10.1. The van der Waals surface area contributed by atoms with Gasteiger partial charge in [0.05, 0.1) is 16.9 Å². The highest BCUT2D eigenvalue weighted by Crippen LogP contribution is 2.41. The van der Waals surface area contributed by atoms with Crippen LogP contribution >= 0.6 is 0 Å². The number of hydrogen-bond acceptors (Lipinski definition) is 5. The van der Waals surface area contributed by atoms with Crippen molar-refractivity contribution in [3.8, 4) is 0 Å². The molecule has 0 saturated carbocycles. The fourth-order valence-electron chi connectivity index (χ4n) is 3.98. The molecule has 1 saturated heterocycles. The van der Waals surface area contributed by atoms with Gasteiger partial charge in [0.1, 0.15) is 0 Å². The Morgan fingerprint density at radius 1 is 0.892 bits per heavy atom. The summed E-state index contributed by atoms with van der Waals surface area (Å²) >= 11 is 0. The third-order valence-corrected chi connectivity index (χ3v) is 5.90. The van der Waals surface area contributed by atoms with Gasteiger partial charge in [0, 0.05) is 50.6 Å². The Balaban J connectivity index is 0.000000414. The van der Waals surface area contributed by atoms with Crippen LogP contribution in [0.15, 0.2) is 54.6 Å². The van der Waals surface area contributed by atoms with Crippen LogP contribution < -0.4 is 10.2 Å². The standard InChI is InChI=1S/C21H23F3N4O.C4H4O4/c1-26-10-12-27(13-11-26)20(29)25-17-14-16(21(22,23)24)6-7-19(17)28-9-8-15-4-2-3-5-18(15)28;5-3(6)1-2-4(7)8/h2-7,14H,8-13H2,1H3,(H,25,29);1-2H,(H,5,6)(H,7,8). The molecule has 2 amide bonds. The van der Waals surface area contributed by atoms with Crippen molar-refractivity contribution in [2.24, 2.45) is 0 Å². The van der Waals surface area contributed by atoms with Crippen molar-refractivity contribution in [2.75, 3.05) is 50.0 Å². The van der Waals surface area contributed by atoms with Crippen LogP contribution in [0.25, 0.3) is 0 Å². The van der Waals surface area contributed by atoms with Crippen LogP contribution in [0.4, 0.5) is 35.0 Å². The van der Waals surface area contributed by atoms with Gasteiger partial charge in [-0.05, 0) is 43.3 Å². The molecule has 3 N–H and O–H groups in total. The number of carboxylic acids is 2. The van der Waals surface area contributed by atoms with Gasteiger partial charge in [0.2, 0.25) is 0 Å². The average molecular weight is 521 g/mol. The number of benzene rings is 2. The van der Waals surface area contributed by atoms with E-state index >= 15 is 0 Å². The molecule has 2 aromatic carbocycles. The molecular formula is C25H27F3N4O5. The minimum Gasteiger partial charge on any atom is -0.478 e. The van der Waals surface area contributed by atoms with Gasteiger partial charge in [0.15, 0.2) is 0 Å². The third-order valence-electron chi connectivity index (χ3n) is 5.90. The summed E-state index contributed by atoms with van der Waals surface area (Å²) in [6.45, 7) is 3.22. The number of urea groups is 1. The molecule has 0 aromatic heterocycles. The Bertz CT molecular complexity index is 1160. The lowest BCUT2D eigenvalue weighted by molar-refractivity contribution is -0.137. The Morgan fingerprint density at radius 2 is 1.51 bits per heavy atom. The van der Waals surface area contributed by atoms with E-state index in [0.29, 0.717) is 37.5 Å². The monoisotopic (exact) mass is 520 g/mol. The predicted octanol–water partition coefficient (Wildman–Crippen LogP) is 3.89. The summed E-state index contributed by atoms with van der Waals surface area (Å²) in [7, 11) is 1.98. The number of anilines is 3. The van der Waals surface area contributed by atoms with Crippen molar-refractivity contribution in [1.29, 1.82) is 0 Å². The van der Waals surface area contributed by atoms with Gasteiger partial charge in [-0.25, -0.2) is 14.4 Å².